The summed E-state index contributed by atoms with van der Waals surface area (Å²) in [5.41, 5.74) is 0.639. The van der Waals surface area contributed by atoms with E-state index in [1.807, 2.05) is 18.2 Å². The van der Waals surface area contributed by atoms with Crippen LogP contribution < -0.4 is 4.74 Å². The van der Waals surface area contributed by atoms with Crippen molar-refractivity contribution < 1.29 is 9.53 Å². The van der Waals surface area contributed by atoms with E-state index in [1.54, 1.807) is 6.07 Å². The second-order valence-electron chi connectivity index (χ2n) is 3.82. The van der Waals surface area contributed by atoms with Gasteiger partial charge in [-0.2, -0.15) is 0 Å². The Hall–Kier alpha value is -1.31. The average Bonchev–Trinajstić information content (AvgIpc) is 3.02. The van der Waals surface area contributed by atoms with Gasteiger partial charge in [-0.1, -0.05) is 12.1 Å². The Morgan fingerprint density at radius 3 is 2.79 bits per heavy atom. The van der Waals surface area contributed by atoms with E-state index >= 15 is 0 Å². The van der Waals surface area contributed by atoms with Gasteiger partial charge in [-0.25, -0.2) is 0 Å². The number of para-hydroxylation sites is 1. The first kappa shape index (κ1) is 9.25. The van der Waals surface area contributed by atoms with Crippen molar-refractivity contribution in [3.05, 3.63) is 29.8 Å². The molecule has 0 spiro atoms. The van der Waals surface area contributed by atoms with Crippen molar-refractivity contribution >= 4 is 6.29 Å². The number of rotatable bonds is 4. The number of benzene rings is 1. The lowest BCUT2D eigenvalue weighted by molar-refractivity contribution is 0.111. The highest BCUT2D eigenvalue weighted by molar-refractivity contribution is 5.79. The summed E-state index contributed by atoms with van der Waals surface area (Å²) in [5, 5.41) is 0. The van der Waals surface area contributed by atoms with Gasteiger partial charge < -0.3 is 4.74 Å². The molecule has 0 unspecified atom stereocenters. The summed E-state index contributed by atoms with van der Waals surface area (Å²) >= 11 is 0. The monoisotopic (exact) mass is 190 g/mol. The van der Waals surface area contributed by atoms with Crippen molar-refractivity contribution in [3.63, 3.8) is 0 Å². The number of aldehydes is 1. The molecule has 0 saturated heterocycles. The molecule has 2 rings (SSSR count). The Kier molecular flexibility index (Phi) is 2.53. The smallest absolute Gasteiger partial charge is 0.153 e. The van der Waals surface area contributed by atoms with Crippen molar-refractivity contribution in [2.75, 3.05) is 0 Å². The van der Waals surface area contributed by atoms with Gasteiger partial charge in [0.15, 0.2) is 6.29 Å². The summed E-state index contributed by atoms with van der Waals surface area (Å²) in [6.45, 7) is 2.07. The Labute approximate surface area is 83.9 Å². The van der Waals surface area contributed by atoms with Crippen LogP contribution in [0.15, 0.2) is 24.3 Å². The van der Waals surface area contributed by atoms with E-state index in [2.05, 4.69) is 6.92 Å². The Bertz CT molecular complexity index is 329. The molecule has 0 aliphatic heterocycles. The molecular weight excluding hydrogens is 176 g/mol. The average molecular weight is 190 g/mol. The van der Waals surface area contributed by atoms with Crippen LogP contribution in [0.2, 0.25) is 0 Å². The van der Waals surface area contributed by atoms with E-state index in [0.29, 0.717) is 17.2 Å². The van der Waals surface area contributed by atoms with Gasteiger partial charge in [-0.15, -0.1) is 0 Å². The van der Waals surface area contributed by atoms with Gasteiger partial charge in [0.1, 0.15) is 5.75 Å². The molecule has 1 aliphatic rings. The van der Waals surface area contributed by atoms with Crippen LogP contribution in [-0.2, 0) is 0 Å². The highest BCUT2D eigenvalue weighted by Crippen LogP contribution is 2.35. The standard InChI is InChI=1S/C12H14O2/c1-9(10-6-7-10)14-12-5-3-2-4-11(12)8-13/h2-5,8-10H,6-7H2,1H3/t9-/m1/s1. The van der Waals surface area contributed by atoms with Gasteiger partial charge >= 0.3 is 0 Å². The van der Waals surface area contributed by atoms with Crippen LogP contribution in [0.4, 0.5) is 0 Å². The maximum absolute atomic E-state index is 10.7. The first-order chi connectivity index (χ1) is 6.81. The minimum Gasteiger partial charge on any atom is -0.490 e. The van der Waals surface area contributed by atoms with Gasteiger partial charge in [0.2, 0.25) is 0 Å². The molecule has 1 aromatic rings. The summed E-state index contributed by atoms with van der Waals surface area (Å²) in [4.78, 5) is 10.7. The Morgan fingerprint density at radius 1 is 1.43 bits per heavy atom. The van der Waals surface area contributed by atoms with Crippen LogP contribution in [0.1, 0.15) is 30.1 Å². The van der Waals surface area contributed by atoms with Crippen LogP contribution >= 0.6 is 0 Å². The zero-order chi connectivity index (χ0) is 9.97. The quantitative estimate of drug-likeness (QED) is 0.682. The molecule has 1 fully saturated rings. The molecule has 1 saturated carbocycles. The fourth-order valence-electron chi connectivity index (χ4n) is 1.55. The van der Waals surface area contributed by atoms with Crippen molar-refractivity contribution in [2.45, 2.75) is 25.9 Å². The second-order valence-corrected chi connectivity index (χ2v) is 3.82. The summed E-state index contributed by atoms with van der Waals surface area (Å²) in [6.07, 6.45) is 3.58. The molecule has 14 heavy (non-hydrogen) atoms. The normalized spacial score (nSPS) is 17.5. The number of carbonyl (C=O) groups excluding carboxylic acids is 1. The molecule has 0 radical (unpaired) electrons. The van der Waals surface area contributed by atoms with E-state index in [9.17, 15) is 4.79 Å². The Balaban J connectivity index is 2.10. The first-order valence-corrected chi connectivity index (χ1v) is 5.02. The number of hydrogen-bond acceptors (Lipinski definition) is 2. The van der Waals surface area contributed by atoms with Gasteiger partial charge in [0, 0.05) is 0 Å². The molecule has 1 atom stereocenters. The number of carbonyl (C=O) groups is 1. The molecular formula is C12H14O2. The van der Waals surface area contributed by atoms with Crippen molar-refractivity contribution in [1.82, 2.24) is 0 Å². The van der Waals surface area contributed by atoms with Crippen molar-refractivity contribution in [2.24, 2.45) is 5.92 Å². The third-order valence-corrected chi connectivity index (χ3v) is 2.64. The number of ether oxygens (including phenoxy) is 1. The summed E-state index contributed by atoms with van der Waals surface area (Å²) in [7, 11) is 0. The van der Waals surface area contributed by atoms with Gasteiger partial charge in [0.25, 0.3) is 0 Å². The summed E-state index contributed by atoms with van der Waals surface area (Å²) in [5.74, 6) is 1.40. The van der Waals surface area contributed by atoms with Crippen LogP contribution in [0.5, 0.6) is 5.75 Å². The molecule has 0 bridgehead atoms. The molecule has 2 nitrogen and oxygen atoms in total. The van der Waals surface area contributed by atoms with Gasteiger partial charge in [-0.3, -0.25) is 4.79 Å². The molecule has 0 amide bonds. The van der Waals surface area contributed by atoms with Crippen molar-refractivity contribution in [1.29, 1.82) is 0 Å². The van der Waals surface area contributed by atoms with Crippen LogP contribution in [0, 0.1) is 5.92 Å². The lowest BCUT2D eigenvalue weighted by Gasteiger charge is -2.14. The largest absolute Gasteiger partial charge is 0.490 e. The third kappa shape index (κ3) is 1.95. The molecule has 1 aromatic carbocycles. The predicted octanol–water partition coefficient (Wildman–Crippen LogP) is 2.68. The lowest BCUT2D eigenvalue weighted by atomic mass is 10.2. The summed E-state index contributed by atoms with van der Waals surface area (Å²) < 4.78 is 5.73. The van der Waals surface area contributed by atoms with E-state index < -0.39 is 0 Å². The maximum Gasteiger partial charge on any atom is 0.153 e. The van der Waals surface area contributed by atoms with E-state index in [4.69, 9.17) is 4.74 Å². The van der Waals surface area contributed by atoms with E-state index in [0.717, 1.165) is 6.29 Å². The van der Waals surface area contributed by atoms with Crippen LogP contribution in [0.3, 0.4) is 0 Å². The highest BCUT2D eigenvalue weighted by atomic mass is 16.5. The fourth-order valence-corrected chi connectivity index (χ4v) is 1.55. The minimum absolute atomic E-state index is 0.232. The topological polar surface area (TPSA) is 26.3 Å². The van der Waals surface area contributed by atoms with Crippen LogP contribution in [0.25, 0.3) is 0 Å². The number of hydrogen-bond donors (Lipinski definition) is 0. The predicted molar refractivity (Wildman–Crippen MR) is 54.6 cm³/mol. The zero-order valence-corrected chi connectivity index (χ0v) is 8.27. The van der Waals surface area contributed by atoms with E-state index in [-0.39, 0.29) is 6.10 Å². The van der Waals surface area contributed by atoms with E-state index in [1.165, 1.54) is 12.8 Å². The van der Waals surface area contributed by atoms with Crippen LogP contribution in [-0.4, -0.2) is 12.4 Å². The van der Waals surface area contributed by atoms with Crippen molar-refractivity contribution in [3.8, 4) is 5.75 Å². The fraction of sp³-hybridized carbons (Fsp3) is 0.417. The zero-order valence-electron chi connectivity index (χ0n) is 8.27. The highest BCUT2D eigenvalue weighted by Gasteiger charge is 2.29. The molecule has 2 heteroatoms. The van der Waals surface area contributed by atoms with Gasteiger partial charge in [0.05, 0.1) is 11.7 Å². The third-order valence-electron chi connectivity index (χ3n) is 2.64. The molecule has 0 aromatic heterocycles. The lowest BCUT2D eigenvalue weighted by Crippen LogP contribution is -2.14. The molecule has 74 valence electrons. The molecule has 1 aliphatic carbocycles. The summed E-state index contributed by atoms with van der Waals surface area (Å²) in [6, 6.07) is 7.37. The minimum atomic E-state index is 0.232. The SMILES string of the molecule is C[C@@H](Oc1ccccc1C=O)C1CC1. The van der Waals surface area contributed by atoms with Gasteiger partial charge in [-0.05, 0) is 37.8 Å². The Morgan fingerprint density at radius 2 is 2.14 bits per heavy atom. The molecule has 0 N–H and O–H groups in total. The molecule has 0 heterocycles. The maximum atomic E-state index is 10.7. The second kappa shape index (κ2) is 3.82. The first-order valence-electron chi connectivity index (χ1n) is 5.02.